The van der Waals surface area contributed by atoms with Crippen molar-refractivity contribution in [3.63, 3.8) is 0 Å². The van der Waals surface area contributed by atoms with Crippen LogP contribution in [0.4, 0.5) is 0 Å². The molecule has 34 valence electrons. The van der Waals surface area contributed by atoms with E-state index < -0.39 is 8.25 Å². The van der Waals surface area contributed by atoms with Crippen molar-refractivity contribution >= 4 is 47.3 Å². The molecule has 0 saturated carbocycles. The van der Waals surface area contributed by atoms with E-state index >= 15 is 0 Å². The van der Waals surface area contributed by atoms with E-state index in [4.69, 9.17) is 4.89 Å². The predicted molar refractivity (Wildman–Crippen MR) is 29.2 cm³/mol. The van der Waals surface area contributed by atoms with Gasteiger partial charge in [0.1, 0.15) is 0 Å². The molecule has 0 amide bonds. The Hall–Kier alpha value is 1.58. The zero-order chi connectivity index (χ0) is 4.28. The third-order valence-electron chi connectivity index (χ3n) is 0.101. The molecule has 2 atom stereocenters. The SMILES string of the molecule is O=[PH](O)OP.[NaH]. The van der Waals surface area contributed by atoms with Crippen molar-refractivity contribution < 1.29 is 13.8 Å². The van der Waals surface area contributed by atoms with E-state index in [0.717, 1.165) is 0 Å². The molecule has 0 heterocycles. The fraction of sp³-hybridized carbons (Fsp3) is 0. The van der Waals surface area contributed by atoms with E-state index in [9.17, 15) is 4.57 Å². The molecular weight excluding hydrogens is 133 g/mol. The second-order valence-corrected chi connectivity index (χ2v) is 1.86. The molecule has 0 radical (unpaired) electrons. The Morgan fingerprint density at radius 1 is 1.83 bits per heavy atom. The Bertz CT molecular complexity index is 44.1. The Morgan fingerprint density at radius 2 is 2.00 bits per heavy atom. The van der Waals surface area contributed by atoms with Gasteiger partial charge in [0, 0.05) is 9.47 Å². The average Bonchev–Trinajstić information content (AvgIpc) is 1.38. The summed E-state index contributed by atoms with van der Waals surface area (Å²) in [6, 6.07) is 0. The molecule has 0 aliphatic carbocycles. The molecule has 0 aliphatic heterocycles. The molecule has 6 heavy (non-hydrogen) atoms. The third-order valence-corrected chi connectivity index (χ3v) is 0.907. The van der Waals surface area contributed by atoms with E-state index in [1.165, 1.54) is 0 Å². The standard InChI is InChI=1S/Na.H4O3P2.H/c;1-5(2)3-4;/h;5H,4H2,(H,1,2);. The molecule has 6 heteroatoms. The van der Waals surface area contributed by atoms with Gasteiger partial charge in [0.15, 0.2) is 0 Å². The van der Waals surface area contributed by atoms with Crippen LogP contribution in [0.15, 0.2) is 0 Å². The van der Waals surface area contributed by atoms with E-state index in [1.807, 2.05) is 0 Å². The molecule has 0 aromatic heterocycles. The monoisotopic (exact) mass is 138 g/mol. The van der Waals surface area contributed by atoms with Gasteiger partial charge in [0.2, 0.25) is 0 Å². The van der Waals surface area contributed by atoms with Crippen LogP contribution in [0, 0.1) is 0 Å². The molecule has 0 spiro atoms. The van der Waals surface area contributed by atoms with Gasteiger partial charge >= 0.3 is 37.8 Å². The fourth-order valence-electron chi connectivity index (χ4n) is 0. The summed E-state index contributed by atoms with van der Waals surface area (Å²) in [5.41, 5.74) is 0. The minimum absolute atomic E-state index is 0. The maximum atomic E-state index is 9.31. The molecule has 0 fully saturated rings. The predicted octanol–water partition coefficient (Wildman–Crippen LogP) is -0.473. The van der Waals surface area contributed by atoms with Crippen molar-refractivity contribution in [1.29, 1.82) is 0 Å². The van der Waals surface area contributed by atoms with Gasteiger partial charge in [0.05, 0.1) is 0 Å². The molecule has 2 unspecified atom stereocenters. The average molecular weight is 138 g/mol. The second kappa shape index (κ2) is 6.58. The molecule has 1 N–H and O–H groups in total. The van der Waals surface area contributed by atoms with Crippen LogP contribution < -0.4 is 0 Å². The third kappa shape index (κ3) is 9.13. The van der Waals surface area contributed by atoms with Crippen molar-refractivity contribution in [2.45, 2.75) is 0 Å². The van der Waals surface area contributed by atoms with Crippen molar-refractivity contribution in [2.24, 2.45) is 0 Å². The molecule has 0 aromatic carbocycles. The Balaban J connectivity index is 0. The molecule has 0 aromatic rings. The number of hydrogen-bond acceptors (Lipinski definition) is 2. The summed E-state index contributed by atoms with van der Waals surface area (Å²) < 4.78 is 13.1. The molecular formula is H5NaO3P2. The molecule has 0 rings (SSSR count). The first kappa shape index (κ1) is 10.5. The zero-order valence-electron chi connectivity index (χ0n) is 2.34. The quantitative estimate of drug-likeness (QED) is 0.393. The number of rotatable bonds is 1. The van der Waals surface area contributed by atoms with Crippen LogP contribution in [0.1, 0.15) is 0 Å². The molecule has 0 aliphatic rings. The van der Waals surface area contributed by atoms with Gasteiger partial charge < -0.3 is 4.89 Å². The zero-order valence-corrected chi connectivity index (χ0v) is 4.50. The first-order valence-electron chi connectivity index (χ1n) is 0.868. The normalized spacial score (nSPS) is 12.3. The Morgan fingerprint density at radius 3 is 2.00 bits per heavy atom. The first-order valence-corrected chi connectivity index (χ1v) is 2.60. The van der Waals surface area contributed by atoms with Gasteiger partial charge in [-0.05, 0) is 0 Å². The molecule has 3 nitrogen and oxygen atoms in total. The van der Waals surface area contributed by atoms with E-state index in [0.29, 0.717) is 0 Å². The Kier molecular flexibility index (Phi) is 11.6. The van der Waals surface area contributed by atoms with E-state index in [1.54, 1.807) is 9.47 Å². The van der Waals surface area contributed by atoms with E-state index in [-0.39, 0.29) is 29.6 Å². The van der Waals surface area contributed by atoms with Crippen LogP contribution in [-0.4, -0.2) is 34.5 Å². The van der Waals surface area contributed by atoms with Gasteiger partial charge in [-0.2, -0.15) is 0 Å². The fourth-order valence-corrected chi connectivity index (χ4v) is 0. The van der Waals surface area contributed by atoms with Crippen molar-refractivity contribution in [2.75, 3.05) is 0 Å². The number of hydrogen-bond donors (Lipinski definition) is 1. The summed E-state index contributed by atoms with van der Waals surface area (Å²) in [6.07, 6.45) is 0. The van der Waals surface area contributed by atoms with Crippen LogP contribution in [0.5, 0.6) is 0 Å². The van der Waals surface area contributed by atoms with Gasteiger partial charge in [-0.1, -0.05) is 0 Å². The van der Waals surface area contributed by atoms with Gasteiger partial charge in [-0.3, -0.25) is 8.88 Å². The Labute approximate surface area is 61.0 Å². The molecule has 0 saturated heterocycles. The van der Waals surface area contributed by atoms with Gasteiger partial charge in [-0.25, -0.2) is 0 Å². The van der Waals surface area contributed by atoms with Crippen LogP contribution in [0.3, 0.4) is 0 Å². The summed E-state index contributed by atoms with van der Waals surface area (Å²) >= 11 is 0. The molecule has 0 bridgehead atoms. The van der Waals surface area contributed by atoms with Gasteiger partial charge in [-0.15, -0.1) is 0 Å². The topological polar surface area (TPSA) is 46.5 Å². The van der Waals surface area contributed by atoms with Crippen LogP contribution in [-0.2, 0) is 8.88 Å². The van der Waals surface area contributed by atoms with Crippen molar-refractivity contribution in [1.82, 2.24) is 0 Å². The van der Waals surface area contributed by atoms with E-state index in [2.05, 4.69) is 4.31 Å². The minimum atomic E-state index is -2.66. The summed E-state index contributed by atoms with van der Waals surface area (Å²) in [4.78, 5) is 7.66. The maximum absolute atomic E-state index is 9.31. The summed E-state index contributed by atoms with van der Waals surface area (Å²) in [6.45, 7) is 0. The van der Waals surface area contributed by atoms with Crippen LogP contribution in [0.25, 0.3) is 0 Å². The van der Waals surface area contributed by atoms with Crippen LogP contribution in [0.2, 0.25) is 0 Å². The second-order valence-electron chi connectivity index (χ2n) is 0.384. The summed E-state index contributed by atoms with van der Waals surface area (Å²) in [5.74, 6) is 0. The first-order chi connectivity index (χ1) is 2.27. The van der Waals surface area contributed by atoms with Crippen LogP contribution >= 0.6 is 17.7 Å². The van der Waals surface area contributed by atoms with Crippen molar-refractivity contribution in [3.05, 3.63) is 0 Å². The van der Waals surface area contributed by atoms with Gasteiger partial charge in [0.25, 0.3) is 0 Å². The summed E-state index contributed by atoms with van der Waals surface area (Å²) in [7, 11) is -0.984. The summed E-state index contributed by atoms with van der Waals surface area (Å²) in [5, 5.41) is 0. The van der Waals surface area contributed by atoms with Crippen molar-refractivity contribution in [3.8, 4) is 0 Å².